The number of piperidine rings is 1. The summed E-state index contributed by atoms with van der Waals surface area (Å²) < 4.78 is 10.7. The first kappa shape index (κ1) is 20.9. The van der Waals surface area contributed by atoms with E-state index in [1.165, 1.54) is 19.3 Å². The van der Waals surface area contributed by atoms with Gasteiger partial charge < -0.3 is 19.2 Å². The first-order valence-electron chi connectivity index (χ1n) is 11.3. The van der Waals surface area contributed by atoms with E-state index in [1.807, 2.05) is 12.1 Å². The number of guanidine groups is 1. The van der Waals surface area contributed by atoms with E-state index in [9.17, 15) is 0 Å². The van der Waals surface area contributed by atoms with Gasteiger partial charge in [0.25, 0.3) is 0 Å². The first-order chi connectivity index (χ1) is 14.8. The largest absolute Gasteiger partial charge is 0.468 e. The van der Waals surface area contributed by atoms with E-state index < -0.39 is 0 Å². The molecule has 2 saturated heterocycles. The number of furan rings is 1. The Labute approximate surface area is 178 Å². The summed E-state index contributed by atoms with van der Waals surface area (Å²) in [6.07, 6.45) is 7.25. The molecule has 2 aromatic rings. The lowest BCUT2D eigenvalue weighted by atomic mass is 10.1. The van der Waals surface area contributed by atoms with Crippen molar-refractivity contribution < 1.29 is 8.94 Å². The number of hydrogen-bond donors (Lipinski definition) is 1. The van der Waals surface area contributed by atoms with Gasteiger partial charge in [-0.1, -0.05) is 11.6 Å². The third-order valence-electron chi connectivity index (χ3n) is 6.00. The van der Waals surface area contributed by atoms with Crippen molar-refractivity contribution >= 4 is 5.96 Å². The van der Waals surface area contributed by atoms with Crippen LogP contribution in [-0.4, -0.2) is 78.2 Å². The Balaban J connectivity index is 1.38. The van der Waals surface area contributed by atoms with Crippen molar-refractivity contribution in [2.24, 2.45) is 4.99 Å². The second-order valence-corrected chi connectivity index (χ2v) is 8.08. The van der Waals surface area contributed by atoms with Crippen LogP contribution in [0.1, 0.15) is 43.7 Å². The molecule has 0 spiro atoms. The van der Waals surface area contributed by atoms with Crippen LogP contribution in [0.3, 0.4) is 0 Å². The highest BCUT2D eigenvalue weighted by Crippen LogP contribution is 2.25. The highest BCUT2D eigenvalue weighted by atomic mass is 16.5. The number of hydrogen-bond acceptors (Lipinski definition) is 6. The van der Waals surface area contributed by atoms with Crippen molar-refractivity contribution in [1.29, 1.82) is 0 Å². The lowest BCUT2D eigenvalue weighted by molar-refractivity contribution is 0.148. The van der Waals surface area contributed by atoms with E-state index >= 15 is 0 Å². The summed E-state index contributed by atoms with van der Waals surface area (Å²) in [5, 5.41) is 7.53. The summed E-state index contributed by atoms with van der Waals surface area (Å²) in [4.78, 5) is 12.4. The van der Waals surface area contributed by atoms with Crippen molar-refractivity contribution in [2.75, 3.05) is 52.4 Å². The van der Waals surface area contributed by atoms with Crippen LogP contribution in [0.5, 0.6) is 0 Å². The van der Waals surface area contributed by atoms with Gasteiger partial charge in [-0.3, -0.25) is 14.8 Å². The molecule has 0 aromatic carbocycles. The fourth-order valence-corrected chi connectivity index (χ4v) is 4.36. The standard InChI is InChI=1S/C22H34N6O2/c1-2-23-22(28-13-11-26(12-14-28)18-19-8-16-30-25-19)24-17-20(21-7-6-15-29-21)27-9-4-3-5-10-27/h6-8,15-16,20H,2-5,9-14,17-18H2,1H3,(H,23,24). The quantitative estimate of drug-likeness (QED) is 0.551. The van der Waals surface area contributed by atoms with E-state index in [-0.39, 0.29) is 6.04 Å². The van der Waals surface area contributed by atoms with Gasteiger partial charge in [0, 0.05) is 45.3 Å². The topological polar surface area (TPSA) is 73.3 Å². The summed E-state index contributed by atoms with van der Waals surface area (Å²) in [5.41, 5.74) is 0.992. The maximum atomic E-state index is 5.79. The van der Waals surface area contributed by atoms with Gasteiger partial charge in [0.2, 0.25) is 0 Å². The third kappa shape index (κ3) is 5.43. The Morgan fingerprint density at radius 3 is 2.60 bits per heavy atom. The number of aliphatic imine (C=N–C) groups is 1. The molecule has 2 aromatic heterocycles. The average Bonchev–Trinajstić information content (AvgIpc) is 3.49. The number of likely N-dealkylation sites (tertiary alicyclic amines) is 1. The van der Waals surface area contributed by atoms with Gasteiger partial charge in [0.1, 0.15) is 12.0 Å². The molecule has 0 aliphatic carbocycles. The molecule has 2 fully saturated rings. The Kier molecular flexibility index (Phi) is 7.42. The molecule has 0 amide bonds. The Hall–Kier alpha value is -2.32. The van der Waals surface area contributed by atoms with Gasteiger partial charge in [-0.25, -0.2) is 0 Å². The van der Waals surface area contributed by atoms with E-state index in [0.717, 1.165) is 76.3 Å². The molecule has 1 atom stereocenters. The summed E-state index contributed by atoms with van der Waals surface area (Å²) in [6, 6.07) is 6.22. The van der Waals surface area contributed by atoms with Crippen LogP contribution in [0.4, 0.5) is 0 Å². The van der Waals surface area contributed by atoms with Crippen LogP contribution in [0.15, 0.2) is 44.7 Å². The minimum Gasteiger partial charge on any atom is -0.468 e. The van der Waals surface area contributed by atoms with Crippen LogP contribution < -0.4 is 5.32 Å². The third-order valence-corrected chi connectivity index (χ3v) is 6.00. The summed E-state index contributed by atoms with van der Waals surface area (Å²) in [7, 11) is 0. The molecule has 8 heteroatoms. The van der Waals surface area contributed by atoms with Crippen molar-refractivity contribution in [3.63, 3.8) is 0 Å². The fourth-order valence-electron chi connectivity index (χ4n) is 4.36. The zero-order valence-electron chi connectivity index (χ0n) is 18.0. The molecule has 0 bridgehead atoms. The maximum absolute atomic E-state index is 5.79. The second kappa shape index (κ2) is 10.6. The molecule has 0 saturated carbocycles. The summed E-state index contributed by atoms with van der Waals surface area (Å²) in [6.45, 7) is 10.7. The molecule has 8 nitrogen and oxygen atoms in total. The van der Waals surface area contributed by atoms with E-state index in [1.54, 1.807) is 12.5 Å². The van der Waals surface area contributed by atoms with Gasteiger partial charge in [0.05, 0.1) is 24.5 Å². The highest BCUT2D eigenvalue weighted by Gasteiger charge is 2.25. The molecule has 2 aliphatic heterocycles. The lowest BCUT2D eigenvalue weighted by Crippen LogP contribution is -2.52. The minimum absolute atomic E-state index is 0.211. The van der Waals surface area contributed by atoms with Gasteiger partial charge >= 0.3 is 0 Å². The molecule has 2 aliphatic rings. The number of aromatic nitrogens is 1. The molecule has 1 unspecified atom stereocenters. The molecule has 164 valence electrons. The Morgan fingerprint density at radius 1 is 1.10 bits per heavy atom. The van der Waals surface area contributed by atoms with Crippen LogP contribution >= 0.6 is 0 Å². The number of nitrogens with one attached hydrogen (secondary N) is 1. The van der Waals surface area contributed by atoms with E-state index in [2.05, 4.69) is 38.2 Å². The Morgan fingerprint density at radius 2 is 1.93 bits per heavy atom. The average molecular weight is 415 g/mol. The monoisotopic (exact) mass is 414 g/mol. The van der Waals surface area contributed by atoms with Crippen LogP contribution in [-0.2, 0) is 6.54 Å². The lowest BCUT2D eigenvalue weighted by Gasteiger charge is -2.37. The van der Waals surface area contributed by atoms with E-state index in [0.29, 0.717) is 0 Å². The molecular weight excluding hydrogens is 380 g/mol. The van der Waals surface area contributed by atoms with Gasteiger partial charge in [0.15, 0.2) is 5.96 Å². The zero-order valence-corrected chi connectivity index (χ0v) is 18.0. The number of nitrogens with zero attached hydrogens (tertiary/aromatic N) is 5. The zero-order chi connectivity index (χ0) is 20.6. The number of piperazine rings is 1. The highest BCUT2D eigenvalue weighted by molar-refractivity contribution is 5.80. The predicted octanol–water partition coefficient (Wildman–Crippen LogP) is 2.58. The van der Waals surface area contributed by atoms with Gasteiger partial charge in [-0.15, -0.1) is 0 Å². The number of rotatable bonds is 7. The molecular formula is C22H34N6O2. The smallest absolute Gasteiger partial charge is 0.194 e. The van der Waals surface area contributed by atoms with Crippen LogP contribution in [0.2, 0.25) is 0 Å². The van der Waals surface area contributed by atoms with Crippen molar-refractivity contribution in [3.8, 4) is 0 Å². The first-order valence-corrected chi connectivity index (χ1v) is 11.3. The SMILES string of the molecule is CCNC(=NCC(c1ccco1)N1CCCCC1)N1CCN(Cc2ccon2)CC1. The summed E-state index contributed by atoms with van der Waals surface area (Å²) in [5.74, 6) is 2.03. The summed E-state index contributed by atoms with van der Waals surface area (Å²) >= 11 is 0. The van der Waals surface area contributed by atoms with Crippen molar-refractivity contribution in [3.05, 3.63) is 42.2 Å². The van der Waals surface area contributed by atoms with Gasteiger partial charge in [-0.05, 0) is 45.0 Å². The predicted molar refractivity (Wildman–Crippen MR) is 116 cm³/mol. The van der Waals surface area contributed by atoms with Gasteiger partial charge in [-0.2, -0.15) is 0 Å². The molecule has 4 heterocycles. The van der Waals surface area contributed by atoms with E-state index in [4.69, 9.17) is 13.9 Å². The normalized spacial score (nSPS) is 20.4. The van der Waals surface area contributed by atoms with Crippen LogP contribution in [0.25, 0.3) is 0 Å². The van der Waals surface area contributed by atoms with Crippen molar-refractivity contribution in [1.82, 2.24) is 25.2 Å². The second-order valence-electron chi connectivity index (χ2n) is 8.08. The Bertz CT molecular complexity index is 747. The molecule has 30 heavy (non-hydrogen) atoms. The fraction of sp³-hybridized carbons (Fsp3) is 0.636. The molecule has 0 radical (unpaired) electrons. The minimum atomic E-state index is 0.211. The van der Waals surface area contributed by atoms with Crippen molar-refractivity contribution in [2.45, 2.75) is 38.8 Å². The molecule has 4 rings (SSSR count). The maximum Gasteiger partial charge on any atom is 0.194 e. The molecule has 1 N–H and O–H groups in total. The van der Waals surface area contributed by atoms with Crippen LogP contribution in [0, 0.1) is 0 Å².